The second-order valence-electron chi connectivity index (χ2n) is 4.63. The summed E-state index contributed by atoms with van der Waals surface area (Å²) in [6.07, 6.45) is 5.15. The van der Waals surface area contributed by atoms with Gasteiger partial charge in [0.2, 0.25) is 0 Å². The van der Waals surface area contributed by atoms with E-state index in [2.05, 4.69) is 0 Å². The topological polar surface area (TPSA) is 60.2 Å². The molecule has 1 aliphatic rings. The number of rotatable bonds is 2. The van der Waals surface area contributed by atoms with Gasteiger partial charge in [-0.2, -0.15) is 0 Å². The van der Waals surface area contributed by atoms with Crippen molar-refractivity contribution in [1.29, 1.82) is 0 Å². The molecule has 0 aliphatic heterocycles. The van der Waals surface area contributed by atoms with Crippen LogP contribution in [0.3, 0.4) is 0 Å². The Morgan fingerprint density at radius 2 is 1.75 bits per heavy atom. The van der Waals surface area contributed by atoms with E-state index < -0.39 is 15.4 Å². The maximum absolute atomic E-state index is 11.7. The first-order valence-corrected chi connectivity index (χ1v) is 7.41. The molecule has 16 heavy (non-hydrogen) atoms. The third kappa shape index (κ3) is 1.99. The highest BCUT2D eigenvalue weighted by molar-refractivity contribution is 7.90. The lowest BCUT2D eigenvalue weighted by molar-refractivity contribution is 0.451. The first-order valence-electron chi connectivity index (χ1n) is 5.52. The first kappa shape index (κ1) is 11.6. The summed E-state index contributed by atoms with van der Waals surface area (Å²) >= 11 is 0. The summed E-state index contributed by atoms with van der Waals surface area (Å²) in [6, 6.07) is 7.11. The van der Waals surface area contributed by atoms with Gasteiger partial charge in [-0.25, -0.2) is 8.42 Å². The fraction of sp³-hybridized carbons (Fsp3) is 0.500. The van der Waals surface area contributed by atoms with Crippen LogP contribution in [0.2, 0.25) is 0 Å². The molecule has 0 spiro atoms. The monoisotopic (exact) mass is 239 g/mol. The zero-order chi connectivity index (χ0) is 11.8. The van der Waals surface area contributed by atoms with Crippen molar-refractivity contribution >= 4 is 9.84 Å². The molecule has 0 unspecified atom stereocenters. The lowest BCUT2D eigenvalue weighted by atomic mass is 9.89. The van der Waals surface area contributed by atoms with Gasteiger partial charge in [0, 0.05) is 11.8 Å². The molecule has 2 rings (SSSR count). The Morgan fingerprint density at radius 1 is 1.19 bits per heavy atom. The van der Waals surface area contributed by atoms with Gasteiger partial charge in [-0.1, -0.05) is 31.0 Å². The van der Waals surface area contributed by atoms with Gasteiger partial charge in [-0.15, -0.1) is 0 Å². The lowest BCUT2D eigenvalue weighted by Crippen LogP contribution is -2.34. The molecule has 1 aromatic rings. The standard InChI is InChI=1S/C12H17NO2S/c1-16(14,15)11-7-3-2-6-10(11)12(13)8-4-5-9-12/h2-3,6-7H,4-5,8-9,13H2,1H3. The van der Waals surface area contributed by atoms with Crippen LogP contribution < -0.4 is 5.73 Å². The van der Waals surface area contributed by atoms with Crippen LogP contribution in [0.4, 0.5) is 0 Å². The van der Waals surface area contributed by atoms with Crippen molar-refractivity contribution in [1.82, 2.24) is 0 Å². The molecule has 1 aromatic carbocycles. The third-order valence-corrected chi connectivity index (χ3v) is 4.47. The van der Waals surface area contributed by atoms with Crippen LogP contribution in [0.1, 0.15) is 31.2 Å². The largest absolute Gasteiger partial charge is 0.321 e. The summed E-state index contributed by atoms with van der Waals surface area (Å²) < 4.78 is 23.4. The molecular weight excluding hydrogens is 222 g/mol. The van der Waals surface area contributed by atoms with E-state index in [0.29, 0.717) is 4.90 Å². The van der Waals surface area contributed by atoms with E-state index in [0.717, 1.165) is 31.2 Å². The Morgan fingerprint density at radius 3 is 2.31 bits per heavy atom. The number of sulfone groups is 1. The van der Waals surface area contributed by atoms with Crippen molar-refractivity contribution in [2.75, 3.05) is 6.26 Å². The van der Waals surface area contributed by atoms with Crippen molar-refractivity contribution in [3.63, 3.8) is 0 Å². The lowest BCUT2D eigenvalue weighted by Gasteiger charge is -2.26. The number of hydrogen-bond donors (Lipinski definition) is 1. The maximum Gasteiger partial charge on any atom is 0.175 e. The highest BCUT2D eigenvalue weighted by atomic mass is 32.2. The normalized spacial score (nSPS) is 19.9. The molecular formula is C12H17NO2S. The summed E-state index contributed by atoms with van der Waals surface area (Å²) in [4.78, 5) is 0.388. The van der Waals surface area contributed by atoms with Crippen LogP contribution in [-0.4, -0.2) is 14.7 Å². The van der Waals surface area contributed by atoms with E-state index in [9.17, 15) is 8.42 Å². The molecule has 0 aromatic heterocycles. The molecule has 1 aliphatic carbocycles. The minimum Gasteiger partial charge on any atom is -0.321 e. The number of hydrogen-bond acceptors (Lipinski definition) is 3. The van der Waals surface area contributed by atoms with E-state index in [4.69, 9.17) is 5.73 Å². The molecule has 0 atom stereocenters. The van der Waals surface area contributed by atoms with Gasteiger partial charge in [-0.3, -0.25) is 0 Å². The predicted molar refractivity (Wildman–Crippen MR) is 63.9 cm³/mol. The van der Waals surface area contributed by atoms with Crippen LogP contribution in [0.25, 0.3) is 0 Å². The fourth-order valence-corrected chi connectivity index (χ4v) is 3.47. The van der Waals surface area contributed by atoms with Gasteiger partial charge in [0.15, 0.2) is 9.84 Å². The van der Waals surface area contributed by atoms with E-state index >= 15 is 0 Å². The summed E-state index contributed by atoms with van der Waals surface area (Å²) in [5.74, 6) is 0. The summed E-state index contributed by atoms with van der Waals surface area (Å²) in [7, 11) is -3.19. The van der Waals surface area contributed by atoms with Crippen molar-refractivity contribution in [3.8, 4) is 0 Å². The number of benzene rings is 1. The predicted octanol–water partition coefficient (Wildman–Crippen LogP) is 1.82. The first-order chi connectivity index (χ1) is 7.43. The van der Waals surface area contributed by atoms with Gasteiger partial charge in [-0.05, 0) is 24.5 Å². The van der Waals surface area contributed by atoms with Crippen molar-refractivity contribution < 1.29 is 8.42 Å². The summed E-state index contributed by atoms with van der Waals surface area (Å²) in [5.41, 5.74) is 6.66. The van der Waals surface area contributed by atoms with E-state index in [1.54, 1.807) is 12.1 Å². The molecule has 0 saturated heterocycles. The molecule has 1 fully saturated rings. The van der Waals surface area contributed by atoms with Crippen LogP contribution in [0, 0.1) is 0 Å². The van der Waals surface area contributed by atoms with Crippen molar-refractivity contribution in [2.24, 2.45) is 5.73 Å². The molecule has 2 N–H and O–H groups in total. The quantitative estimate of drug-likeness (QED) is 0.856. The maximum atomic E-state index is 11.7. The average Bonchev–Trinajstić information content (AvgIpc) is 2.65. The molecule has 0 bridgehead atoms. The van der Waals surface area contributed by atoms with Gasteiger partial charge < -0.3 is 5.73 Å². The minimum atomic E-state index is -3.19. The van der Waals surface area contributed by atoms with Gasteiger partial charge in [0.25, 0.3) is 0 Å². The Labute approximate surface area is 96.6 Å². The van der Waals surface area contributed by atoms with E-state index in [1.807, 2.05) is 12.1 Å². The zero-order valence-corrected chi connectivity index (χ0v) is 10.3. The van der Waals surface area contributed by atoms with Crippen molar-refractivity contribution in [3.05, 3.63) is 29.8 Å². The smallest absolute Gasteiger partial charge is 0.175 e. The van der Waals surface area contributed by atoms with Crippen LogP contribution in [0.5, 0.6) is 0 Å². The number of nitrogens with two attached hydrogens (primary N) is 1. The molecule has 0 amide bonds. The fourth-order valence-electron chi connectivity index (χ4n) is 2.48. The molecule has 0 heterocycles. The Bertz CT molecular complexity index is 487. The Kier molecular flexibility index (Phi) is 2.80. The summed E-state index contributed by atoms with van der Waals surface area (Å²) in [6.45, 7) is 0. The average molecular weight is 239 g/mol. The van der Waals surface area contributed by atoms with Crippen LogP contribution >= 0.6 is 0 Å². The van der Waals surface area contributed by atoms with Crippen molar-refractivity contribution in [2.45, 2.75) is 36.1 Å². The molecule has 3 nitrogen and oxygen atoms in total. The molecule has 0 radical (unpaired) electrons. The van der Waals surface area contributed by atoms with Gasteiger partial charge in [0.1, 0.15) is 0 Å². The minimum absolute atomic E-state index is 0.388. The second kappa shape index (κ2) is 3.86. The Hall–Kier alpha value is -0.870. The van der Waals surface area contributed by atoms with Gasteiger partial charge >= 0.3 is 0 Å². The zero-order valence-electron chi connectivity index (χ0n) is 9.44. The van der Waals surface area contributed by atoms with Crippen LogP contribution in [0.15, 0.2) is 29.2 Å². The highest BCUT2D eigenvalue weighted by Crippen LogP contribution is 2.38. The van der Waals surface area contributed by atoms with E-state index in [-0.39, 0.29) is 0 Å². The SMILES string of the molecule is CS(=O)(=O)c1ccccc1C1(N)CCCC1. The van der Waals surface area contributed by atoms with Crippen LogP contribution in [-0.2, 0) is 15.4 Å². The third-order valence-electron chi connectivity index (χ3n) is 3.32. The molecule has 1 saturated carbocycles. The van der Waals surface area contributed by atoms with E-state index in [1.165, 1.54) is 6.26 Å². The summed E-state index contributed by atoms with van der Waals surface area (Å²) in [5, 5.41) is 0. The molecule has 88 valence electrons. The Balaban J connectivity index is 2.57. The van der Waals surface area contributed by atoms with Gasteiger partial charge in [0.05, 0.1) is 4.90 Å². The molecule has 4 heteroatoms. The highest BCUT2D eigenvalue weighted by Gasteiger charge is 2.34. The second-order valence-corrected chi connectivity index (χ2v) is 6.62.